The van der Waals surface area contributed by atoms with Gasteiger partial charge in [-0.15, -0.1) is 0 Å². The monoisotopic (exact) mass is 317 g/mol. The second kappa shape index (κ2) is 4.71. The standard InChI is InChI=1S/C18H23NO4/c1-5-21-12-8-13-11(2)10-17(3,4)19-15(13)14(9-12)18(16(19)20)22-6-7-23-18/h8-9,11H,5-7,10H2,1-4H3/t11-/m0/s1. The first kappa shape index (κ1) is 15.0. The van der Waals surface area contributed by atoms with E-state index >= 15 is 0 Å². The highest BCUT2D eigenvalue weighted by Gasteiger charge is 2.61. The molecule has 4 rings (SSSR count). The predicted octanol–water partition coefficient (Wildman–Crippen LogP) is 2.92. The maximum Gasteiger partial charge on any atom is 0.293 e. The lowest BCUT2D eigenvalue weighted by Gasteiger charge is -2.43. The first-order valence-corrected chi connectivity index (χ1v) is 8.34. The van der Waals surface area contributed by atoms with Crippen LogP contribution in [0.4, 0.5) is 5.69 Å². The summed E-state index contributed by atoms with van der Waals surface area (Å²) in [4.78, 5) is 15.1. The second-order valence-corrected chi connectivity index (χ2v) is 7.21. The normalized spacial score (nSPS) is 26.7. The highest BCUT2D eigenvalue weighted by molar-refractivity contribution is 6.08. The van der Waals surface area contributed by atoms with E-state index in [4.69, 9.17) is 14.2 Å². The third-order valence-electron chi connectivity index (χ3n) is 5.12. The van der Waals surface area contributed by atoms with E-state index in [2.05, 4.69) is 26.8 Å². The molecule has 3 aliphatic heterocycles. The highest BCUT2D eigenvalue weighted by Crippen LogP contribution is 2.56. The van der Waals surface area contributed by atoms with Crippen molar-refractivity contribution in [1.29, 1.82) is 0 Å². The van der Waals surface area contributed by atoms with Crippen molar-refractivity contribution in [3.05, 3.63) is 23.3 Å². The molecule has 23 heavy (non-hydrogen) atoms. The van der Waals surface area contributed by atoms with E-state index in [0.717, 1.165) is 29.0 Å². The van der Waals surface area contributed by atoms with Gasteiger partial charge in [0.15, 0.2) is 0 Å². The van der Waals surface area contributed by atoms with Gasteiger partial charge < -0.3 is 19.1 Å². The molecule has 0 radical (unpaired) electrons. The molecule has 0 saturated carbocycles. The maximum atomic E-state index is 13.2. The van der Waals surface area contributed by atoms with Gasteiger partial charge in [-0.25, -0.2) is 0 Å². The number of hydrogen-bond acceptors (Lipinski definition) is 4. The summed E-state index contributed by atoms with van der Waals surface area (Å²) >= 11 is 0. The van der Waals surface area contributed by atoms with Crippen LogP contribution in [0.25, 0.3) is 0 Å². The lowest BCUT2D eigenvalue weighted by atomic mass is 9.80. The van der Waals surface area contributed by atoms with Gasteiger partial charge in [0.05, 0.1) is 25.5 Å². The van der Waals surface area contributed by atoms with Crippen LogP contribution in [0.1, 0.15) is 51.2 Å². The lowest BCUT2D eigenvalue weighted by molar-refractivity contribution is -0.181. The van der Waals surface area contributed by atoms with Crippen LogP contribution in [-0.2, 0) is 20.1 Å². The molecule has 3 heterocycles. The number of benzene rings is 1. The third kappa shape index (κ3) is 1.83. The van der Waals surface area contributed by atoms with Gasteiger partial charge >= 0.3 is 0 Å². The SMILES string of the molecule is CCOc1cc2c3c(c1)C1(OCCO1)C(=O)N3C(C)(C)C[C@@H]2C. The molecular weight excluding hydrogens is 294 g/mol. The van der Waals surface area contributed by atoms with Gasteiger partial charge in [-0.3, -0.25) is 4.79 Å². The fraction of sp³-hybridized carbons (Fsp3) is 0.611. The topological polar surface area (TPSA) is 48.0 Å². The molecule has 1 amide bonds. The summed E-state index contributed by atoms with van der Waals surface area (Å²) in [6.45, 7) is 9.84. The van der Waals surface area contributed by atoms with Gasteiger partial charge in [0.25, 0.3) is 11.7 Å². The molecular formula is C18H23NO4. The smallest absolute Gasteiger partial charge is 0.293 e. The van der Waals surface area contributed by atoms with Crippen LogP contribution in [0, 0.1) is 0 Å². The quantitative estimate of drug-likeness (QED) is 0.841. The van der Waals surface area contributed by atoms with E-state index < -0.39 is 5.79 Å². The molecule has 1 spiro atoms. The summed E-state index contributed by atoms with van der Waals surface area (Å²) in [6.07, 6.45) is 0.900. The van der Waals surface area contributed by atoms with E-state index in [1.807, 2.05) is 17.9 Å². The van der Waals surface area contributed by atoms with Crippen LogP contribution in [0.15, 0.2) is 12.1 Å². The minimum absolute atomic E-state index is 0.100. The van der Waals surface area contributed by atoms with Crippen LogP contribution in [0.2, 0.25) is 0 Å². The van der Waals surface area contributed by atoms with Crippen molar-refractivity contribution >= 4 is 11.6 Å². The Morgan fingerprint density at radius 2 is 2.00 bits per heavy atom. The number of carbonyl (C=O) groups excluding carboxylic acids is 1. The lowest BCUT2D eigenvalue weighted by Crippen LogP contribution is -2.53. The Bertz CT molecular complexity index is 676. The zero-order valence-electron chi connectivity index (χ0n) is 14.1. The average molecular weight is 317 g/mol. The molecule has 0 bridgehead atoms. The van der Waals surface area contributed by atoms with Crippen LogP contribution < -0.4 is 9.64 Å². The third-order valence-corrected chi connectivity index (χ3v) is 5.12. The molecule has 0 aromatic heterocycles. The van der Waals surface area contributed by atoms with Gasteiger partial charge in [0.2, 0.25) is 0 Å². The molecule has 5 nitrogen and oxygen atoms in total. The molecule has 124 valence electrons. The van der Waals surface area contributed by atoms with Gasteiger partial charge in [-0.05, 0) is 50.8 Å². The largest absolute Gasteiger partial charge is 0.494 e. The highest BCUT2D eigenvalue weighted by atomic mass is 16.7. The van der Waals surface area contributed by atoms with Crippen LogP contribution in [-0.4, -0.2) is 31.3 Å². The van der Waals surface area contributed by atoms with Crippen molar-refractivity contribution in [2.45, 2.75) is 51.4 Å². The van der Waals surface area contributed by atoms with E-state index in [1.54, 1.807) is 0 Å². The van der Waals surface area contributed by atoms with Crippen molar-refractivity contribution in [2.75, 3.05) is 24.7 Å². The van der Waals surface area contributed by atoms with Gasteiger partial charge in [-0.2, -0.15) is 0 Å². The van der Waals surface area contributed by atoms with Gasteiger partial charge in [0, 0.05) is 11.1 Å². The molecule has 0 unspecified atom stereocenters. The molecule has 1 saturated heterocycles. The number of nitrogens with zero attached hydrogens (tertiary/aromatic N) is 1. The number of amides is 1. The maximum absolute atomic E-state index is 13.2. The van der Waals surface area contributed by atoms with Crippen molar-refractivity contribution in [2.24, 2.45) is 0 Å². The Morgan fingerprint density at radius 1 is 1.30 bits per heavy atom. The molecule has 1 fully saturated rings. The van der Waals surface area contributed by atoms with E-state index in [0.29, 0.717) is 25.7 Å². The fourth-order valence-electron chi connectivity index (χ4n) is 4.34. The number of carbonyl (C=O) groups is 1. The summed E-state index contributed by atoms with van der Waals surface area (Å²) in [5.74, 6) is -0.254. The molecule has 1 aromatic carbocycles. The minimum Gasteiger partial charge on any atom is -0.494 e. The number of fused-ring (bicyclic) bond motifs is 1. The summed E-state index contributed by atoms with van der Waals surface area (Å²) in [5, 5.41) is 0. The van der Waals surface area contributed by atoms with E-state index in [-0.39, 0.29) is 11.4 Å². The first-order chi connectivity index (χ1) is 10.9. The van der Waals surface area contributed by atoms with E-state index in [1.165, 1.54) is 0 Å². The Balaban J connectivity index is 1.99. The van der Waals surface area contributed by atoms with Crippen LogP contribution in [0.5, 0.6) is 5.75 Å². The van der Waals surface area contributed by atoms with Crippen LogP contribution >= 0.6 is 0 Å². The van der Waals surface area contributed by atoms with Crippen molar-refractivity contribution in [3.8, 4) is 5.75 Å². The van der Waals surface area contributed by atoms with Gasteiger partial charge in [-0.1, -0.05) is 6.92 Å². The first-order valence-electron chi connectivity index (χ1n) is 8.34. The summed E-state index contributed by atoms with van der Waals surface area (Å²) < 4.78 is 17.4. The summed E-state index contributed by atoms with van der Waals surface area (Å²) in [5.41, 5.74) is 2.66. The zero-order valence-corrected chi connectivity index (χ0v) is 14.1. The summed E-state index contributed by atoms with van der Waals surface area (Å²) in [6, 6.07) is 3.98. The molecule has 1 aromatic rings. The van der Waals surface area contributed by atoms with Crippen molar-refractivity contribution in [1.82, 2.24) is 0 Å². The van der Waals surface area contributed by atoms with Crippen molar-refractivity contribution < 1.29 is 19.0 Å². The number of rotatable bonds is 2. The molecule has 0 aliphatic carbocycles. The Kier molecular flexibility index (Phi) is 3.06. The van der Waals surface area contributed by atoms with Gasteiger partial charge in [0.1, 0.15) is 5.75 Å². The number of anilines is 1. The molecule has 3 aliphatic rings. The number of hydrogen-bond donors (Lipinski definition) is 0. The minimum atomic E-state index is -1.28. The molecule has 0 N–H and O–H groups in total. The number of ether oxygens (including phenoxy) is 3. The van der Waals surface area contributed by atoms with Crippen molar-refractivity contribution in [3.63, 3.8) is 0 Å². The second-order valence-electron chi connectivity index (χ2n) is 7.21. The Labute approximate surface area is 136 Å². The molecule has 5 heteroatoms. The predicted molar refractivity (Wildman–Crippen MR) is 85.8 cm³/mol. The summed E-state index contributed by atoms with van der Waals surface area (Å²) in [7, 11) is 0. The Morgan fingerprint density at radius 3 is 2.65 bits per heavy atom. The zero-order chi connectivity index (χ0) is 16.4. The van der Waals surface area contributed by atoms with E-state index in [9.17, 15) is 4.79 Å². The fourth-order valence-corrected chi connectivity index (χ4v) is 4.34. The van der Waals surface area contributed by atoms with Crippen LogP contribution in [0.3, 0.4) is 0 Å². The Hall–Kier alpha value is -1.59. The molecule has 1 atom stereocenters. The average Bonchev–Trinajstić information content (AvgIpc) is 3.05.